The number of aliphatic hydroxyl groups is 1. The molecule has 1 N–H and O–H groups in total. The van der Waals surface area contributed by atoms with E-state index < -0.39 is 34.4 Å². The van der Waals surface area contributed by atoms with Crippen molar-refractivity contribution in [3.8, 4) is 0 Å². The number of Topliss-reactive ketones (excluding diaryl/α,β-unsaturated/α-hetero) is 1. The van der Waals surface area contributed by atoms with Gasteiger partial charge in [0.25, 0.3) is 11.5 Å². The number of aliphatic hydroxyl groups excluding tert-OH is 1. The summed E-state index contributed by atoms with van der Waals surface area (Å²) < 4.78 is 5.07. The number of nitrogens with zero attached hydrogens (tertiary/aromatic N) is 3. The second-order valence-electron chi connectivity index (χ2n) is 7.82. The topological polar surface area (TPSA) is 140 Å². The number of hydrogen-bond donors (Lipinski definition) is 1. The molecular formula is C25H18ClN3O7S. The van der Waals surface area contributed by atoms with Crippen molar-refractivity contribution in [2.45, 2.75) is 13.0 Å². The molecule has 2 aromatic carbocycles. The number of benzene rings is 2. The van der Waals surface area contributed by atoms with E-state index in [1.165, 1.54) is 54.6 Å². The lowest BCUT2D eigenvalue weighted by molar-refractivity contribution is -0.384. The summed E-state index contributed by atoms with van der Waals surface area (Å²) in [4.78, 5) is 55.0. The number of aryl methyl sites for hydroxylation is 1. The van der Waals surface area contributed by atoms with Gasteiger partial charge in [0, 0.05) is 22.7 Å². The summed E-state index contributed by atoms with van der Waals surface area (Å²) in [5.41, 5.74) is 0.374. The summed E-state index contributed by atoms with van der Waals surface area (Å²) in [6, 6.07) is 10.0. The summed E-state index contributed by atoms with van der Waals surface area (Å²) in [7, 11) is 0. The molecule has 12 heteroatoms. The summed E-state index contributed by atoms with van der Waals surface area (Å²) >= 11 is 6.78. The van der Waals surface area contributed by atoms with Gasteiger partial charge in [0.15, 0.2) is 5.13 Å². The molecule has 1 aliphatic rings. The van der Waals surface area contributed by atoms with Gasteiger partial charge in [-0.1, -0.05) is 35.6 Å². The minimum Gasteiger partial charge on any atom is -0.507 e. The van der Waals surface area contributed by atoms with Gasteiger partial charge < -0.3 is 9.84 Å². The predicted octanol–water partition coefficient (Wildman–Crippen LogP) is 4.98. The molecule has 4 rings (SSSR count). The smallest absolute Gasteiger partial charge is 0.350 e. The Morgan fingerprint density at radius 1 is 1.24 bits per heavy atom. The zero-order chi connectivity index (χ0) is 26.9. The van der Waals surface area contributed by atoms with Crippen LogP contribution in [0.1, 0.15) is 32.5 Å². The Hall–Kier alpha value is -4.35. The van der Waals surface area contributed by atoms with Crippen molar-refractivity contribution in [2.24, 2.45) is 0 Å². The molecule has 1 amide bonds. The molecule has 10 nitrogen and oxygen atoms in total. The van der Waals surface area contributed by atoms with Crippen LogP contribution in [0.3, 0.4) is 0 Å². The van der Waals surface area contributed by atoms with Crippen LogP contribution in [0.2, 0.25) is 5.02 Å². The van der Waals surface area contributed by atoms with E-state index >= 15 is 0 Å². The molecule has 1 saturated heterocycles. The van der Waals surface area contributed by atoms with Crippen molar-refractivity contribution >= 4 is 57.2 Å². The van der Waals surface area contributed by atoms with Crippen LogP contribution < -0.4 is 4.90 Å². The fourth-order valence-corrected chi connectivity index (χ4v) is 4.87. The summed E-state index contributed by atoms with van der Waals surface area (Å²) in [5.74, 6) is -3.11. The number of aromatic nitrogens is 1. The van der Waals surface area contributed by atoms with E-state index in [2.05, 4.69) is 11.6 Å². The molecule has 0 bridgehead atoms. The number of amides is 1. The number of nitro benzene ring substituents is 1. The molecule has 1 aromatic heterocycles. The van der Waals surface area contributed by atoms with E-state index in [0.29, 0.717) is 10.6 Å². The maximum Gasteiger partial charge on any atom is 0.350 e. The Morgan fingerprint density at radius 2 is 1.89 bits per heavy atom. The molecule has 0 spiro atoms. The minimum atomic E-state index is -1.18. The van der Waals surface area contributed by atoms with Gasteiger partial charge in [-0.05, 0) is 48.9 Å². The molecule has 3 aromatic rings. The molecular weight excluding hydrogens is 522 g/mol. The number of halogens is 1. The Bertz CT molecular complexity index is 1460. The van der Waals surface area contributed by atoms with Gasteiger partial charge in [0.1, 0.15) is 17.2 Å². The van der Waals surface area contributed by atoms with Gasteiger partial charge >= 0.3 is 11.9 Å². The lowest BCUT2D eigenvalue weighted by Crippen LogP contribution is -2.29. The lowest BCUT2D eigenvalue weighted by atomic mass is 9.95. The minimum absolute atomic E-state index is 0.0173. The van der Waals surface area contributed by atoms with Gasteiger partial charge in [-0.3, -0.25) is 24.6 Å². The maximum atomic E-state index is 13.3. The van der Waals surface area contributed by atoms with Crippen LogP contribution in [0, 0.1) is 17.0 Å². The molecule has 1 atom stereocenters. The van der Waals surface area contributed by atoms with Crippen LogP contribution in [0.15, 0.2) is 66.8 Å². The summed E-state index contributed by atoms with van der Waals surface area (Å²) in [6.45, 7) is 5.02. The zero-order valence-corrected chi connectivity index (χ0v) is 20.8. The van der Waals surface area contributed by atoms with Crippen molar-refractivity contribution in [3.63, 3.8) is 0 Å². The van der Waals surface area contributed by atoms with Crippen molar-refractivity contribution in [3.05, 3.63) is 104 Å². The number of carbonyl (C=O) groups is 3. The molecule has 188 valence electrons. The van der Waals surface area contributed by atoms with Crippen molar-refractivity contribution in [1.82, 2.24) is 4.98 Å². The average molecular weight is 540 g/mol. The fraction of sp³-hybridized carbons (Fsp3) is 0.120. The van der Waals surface area contributed by atoms with Gasteiger partial charge in [-0.15, -0.1) is 0 Å². The first-order chi connectivity index (χ1) is 17.6. The van der Waals surface area contributed by atoms with Crippen LogP contribution in [-0.2, 0) is 14.3 Å². The molecule has 1 aliphatic heterocycles. The highest BCUT2D eigenvalue weighted by Crippen LogP contribution is 2.44. The highest BCUT2D eigenvalue weighted by molar-refractivity contribution is 7.17. The molecule has 2 heterocycles. The van der Waals surface area contributed by atoms with Gasteiger partial charge in [0.2, 0.25) is 0 Å². The standard InChI is InChI=1S/C25H18ClN3O7S/c1-3-12-36-24(33)22-13(2)27-25(37-22)28-19(14-6-10-17(11-7-14)29(34)35)18(21(31)23(28)32)20(30)15-4-8-16(26)9-5-15/h3-11,19,30H,1,12H2,2H3/b20-18+. The quantitative estimate of drug-likeness (QED) is 0.0842. The molecule has 1 unspecified atom stereocenters. The van der Waals surface area contributed by atoms with E-state index in [0.717, 1.165) is 16.2 Å². The SMILES string of the molecule is C=CCOC(=O)c1sc(N2C(=O)C(=O)/C(=C(/O)c3ccc(Cl)cc3)C2c2ccc([N+](=O)[O-])cc2)nc1C. The van der Waals surface area contributed by atoms with Gasteiger partial charge in [-0.2, -0.15) is 0 Å². The number of carbonyl (C=O) groups excluding carboxylic acids is 3. The molecule has 37 heavy (non-hydrogen) atoms. The first kappa shape index (κ1) is 25.7. The zero-order valence-electron chi connectivity index (χ0n) is 19.2. The number of rotatable bonds is 7. The third kappa shape index (κ3) is 4.86. The maximum absolute atomic E-state index is 13.3. The number of hydrogen-bond acceptors (Lipinski definition) is 9. The Labute approximate surface area is 219 Å². The van der Waals surface area contributed by atoms with Crippen molar-refractivity contribution in [2.75, 3.05) is 11.5 Å². The van der Waals surface area contributed by atoms with E-state index in [1.807, 2.05) is 0 Å². The van der Waals surface area contributed by atoms with Crippen LogP contribution >= 0.6 is 22.9 Å². The second kappa shape index (κ2) is 10.3. The molecule has 1 fully saturated rings. The van der Waals surface area contributed by atoms with Crippen LogP contribution in [0.5, 0.6) is 0 Å². The fourth-order valence-electron chi connectivity index (χ4n) is 3.76. The number of anilines is 1. The number of ketones is 1. The van der Waals surface area contributed by atoms with E-state index in [1.54, 1.807) is 6.92 Å². The monoisotopic (exact) mass is 539 g/mol. The Morgan fingerprint density at radius 3 is 2.49 bits per heavy atom. The first-order valence-corrected chi connectivity index (χ1v) is 11.9. The van der Waals surface area contributed by atoms with E-state index in [-0.39, 0.29) is 39.1 Å². The number of esters is 1. The molecule has 0 saturated carbocycles. The van der Waals surface area contributed by atoms with Crippen molar-refractivity contribution < 1.29 is 29.2 Å². The molecule has 0 aliphatic carbocycles. The van der Waals surface area contributed by atoms with Crippen LogP contribution in [0.4, 0.5) is 10.8 Å². The third-order valence-corrected chi connectivity index (χ3v) is 6.88. The van der Waals surface area contributed by atoms with E-state index in [4.69, 9.17) is 16.3 Å². The van der Waals surface area contributed by atoms with Crippen LogP contribution in [0.25, 0.3) is 5.76 Å². The number of non-ortho nitro benzene ring substituents is 1. The second-order valence-corrected chi connectivity index (χ2v) is 9.24. The summed E-state index contributed by atoms with van der Waals surface area (Å²) in [6.07, 6.45) is 1.40. The highest BCUT2D eigenvalue weighted by Gasteiger charge is 2.48. The molecule has 0 radical (unpaired) electrons. The number of nitro groups is 1. The largest absolute Gasteiger partial charge is 0.507 e. The third-order valence-electron chi connectivity index (χ3n) is 5.49. The normalized spacial score (nSPS) is 16.6. The predicted molar refractivity (Wildman–Crippen MR) is 137 cm³/mol. The summed E-state index contributed by atoms with van der Waals surface area (Å²) in [5, 5.41) is 22.7. The number of thiazole rings is 1. The van der Waals surface area contributed by atoms with Gasteiger partial charge in [-0.25, -0.2) is 9.78 Å². The Balaban J connectivity index is 1.89. The highest BCUT2D eigenvalue weighted by atomic mass is 35.5. The first-order valence-electron chi connectivity index (χ1n) is 10.7. The lowest BCUT2D eigenvalue weighted by Gasteiger charge is -2.23. The van der Waals surface area contributed by atoms with Crippen molar-refractivity contribution in [1.29, 1.82) is 0 Å². The number of ether oxygens (including phenoxy) is 1. The van der Waals surface area contributed by atoms with Crippen LogP contribution in [-0.4, -0.2) is 39.3 Å². The van der Waals surface area contributed by atoms with Gasteiger partial charge in [0.05, 0.1) is 22.2 Å². The Kier molecular flexibility index (Phi) is 7.18. The van der Waals surface area contributed by atoms with E-state index in [9.17, 15) is 29.6 Å². The average Bonchev–Trinajstić information content (AvgIpc) is 3.39.